The van der Waals surface area contributed by atoms with Gasteiger partial charge in [-0.3, -0.25) is 4.98 Å². The maximum absolute atomic E-state index is 10.8. The Balaban J connectivity index is 2.25. The summed E-state index contributed by atoms with van der Waals surface area (Å²) < 4.78 is 5.77. The van der Waals surface area contributed by atoms with Crippen molar-refractivity contribution in [3.8, 4) is 0 Å². The molecule has 0 aromatic carbocycles. The highest BCUT2D eigenvalue weighted by molar-refractivity contribution is 5.26. The van der Waals surface area contributed by atoms with Crippen molar-refractivity contribution >= 4 is 0 Å². The number of aromatic nitrogens is 1. The number of aliphatic hydroxyl groups is 1. The van der Waals surface area contributed by atoms with Gasteiger partial charge in [-0.2, -0.15) is 0 Å². The largest absolute Gasteiger partial charge is 0.385 e. The van der Waals surface area contributed by atoms with Crippen LogP contribution in [0.5, 0.6) is 0 Å². The van der Waals surface area contributed by atoms with E-state index in [0.29, 0.717) is 5.41 Å². The van der Waals surface area contributed by atoms with Gasteiger partial charge in [-0.15, -0.1) is 0 Å². The molecule has 106 valence electrons. The predicted molar refractivity (Wildman–Crippen MR) is 75.9 cm³/mol. The molecule has 0 aliphatic heterocycles. The first-order chi connectivity index (χ1) is 8.90. The summed E-state index contributed by atoms with van der Waals surface area (Å²) in [5, 5.41) is 10.8. The summed E-state index contributed by atoms with van der Waals surface area (Å²) in [6.07, 6.45) is 6.88. The fraction of sp³-hybridized carbons (Fsp3) is 0.688. The molecule has 19 heavy (non-hydrogen) atoms. The van der Waals surface area contributed by atoms with E-state index in [9.17, 15) is 5.11 Å². The lowest BCUT2D eigenvalue weighted by Crippen LogP contribution is -2.44. The van der Waals surface area contributed by atoms with Crippen LogP contribution in [0.4, 0.5) is 0 Å². The Bertz CT molecular complexity index is 432. The number of hydrogen-bond acceptors (Lipinski definition) is 3. The summed E-state index contributed by atoms with van der Waals surface area (Å²) in [7, 11) is 1.72. The van der Waals surface area contributed by atoms with Gasteiger partial charge in [0.25, 0.3) is 0 Å². The van der Waals surface area contributed by atoms with Crippen LogP contribution in [0.25, 0.3) is 0 Å². The molecule has 1 heterocycles. The van der Waals surface area contributed by atoms with Crippen molar-refractivity contribution in [1.82, 2.24) is 4.98 Å². The third-order valence-electron chi connectivity index (χ3n) is 4.73. The molecule has 1 saturated carbocycles. The number of hydrogen-bond donors (Lipinski definition) is 1. The van der Waals surface area contributed by atoms with Crippen molar-refractivity contribution in [2.75, 3.05) is 7.11 Å². The Morgan fingerprint density at radius 3 is 2.42 bits per heavy atom. The Hall–Kier alpha value is -0.930. The number of pyridine rings is 1. The number of aryl methyl sites for hydroxylation is 1. The van der Waals surface area contributed by atoms with E-state index in [0.717, 1.165) is 36.8 Å². The van der Waals surface area contributed by atoms with Crippen LogP contribution in [0.2, 0.25) is 0 Å². The zero-order valence-corrected chi connectivity index (χ0v) is 12.4. The van der Waals surface area contributed by atoms with Gasteiger partial charge in [0.05, 0.1) is 5.60 Å². The van der Waals surface area contributed by atoms with Crippen LogP contribution in [0.15, 0.2) is 18.5 Å². The molecule has 1 aromatic heterocycles. The molecule has 3 heteroatoms. The first kappa shape index (κ1) is 14.5. The molecular weight excluding hydrogens is 238 g/mol. The predicted octanol–water partition coefficient (Wildman–Crippen LogP) is 3.41. The third kappa shape index (κ3) is 2.82. The van der Waals surface area contributed by atoms with Crippen molar-refractivity contribution in [1.29, 1.82) is 0 Å². The minimum atomic E-state index is -0.595. The Labute approximate surface area is 116 Å². The van der Waals surface area contributed by atoms with Crippen LogP contribution in [0.1, 0.15) is 56.8 Å². The van der Waals surface area contributed by atoms with Crippen molar-refractivity contribution in [3.05, 3.63) is 29.6 Å². The molecule has 1 fully saturated rings. The van der Waals surface area contributed by atoms with Crippen molar-refractivity contribution in [3.63, 3.8) is 0 Å². The smallest absolute Gasteiger partial charge is 0.110 e. The van der Waals surface area contributed by atoms with E-state index in [1.165, 1.54) is 0 Å². The topological polar surface area (TPSA) is 42.4 Å². The van der Waals surface area contributed by atoms with Crippen molar-refractivity contribution in [2.24, 2.45) is 5.41 Å². The second-order valence-electron chi connectivity index (χ2n) is 6.57. The normalized spacial score (nSPS) is 23.0. The second-order valence-corrected chi connectivity index (χ2v) is 6.57. The summed E-state index contributed by atoms with van der Waals surface area (Å²) >= 11 is 0. The highest BCUT2D eigenvalue weighted by atomic mass is 16.5. The Morgan fingerprint density at radius 1 is 1.26 bits per heavy atom. The first-order valence-corrected chi connectivity index (χ1v) is 7.04. The number of aliphatic hydroxyl groups excluding tert-OH is 1. The minimum Gasteiger partial charge on any atom is -0.385 e. The highest BCUT2D eigenvalue weighted by Crippen LogP contribution is 2.47. The Kier molecular flexibility index (Phi) is 3.98. The van der Waals surface area contributed by atoms with E-state index >= 15 is 0 Å². The maximum Gasteiger partial charge on any atom is 0.110 e. The van der Waals surface area contributed by atoms with Crippen LogP contribution < -0.4 is 0 Å². The van der Waals surface area contributed by atoms with E-state index in [1.54, 1.807) is 19.5 Å². The van der Waals surface area contributed by atoms with E-state index < -0.39 is 11.7 Å². The summed E-state index contributed by atoms with van der Waals surface area (Å²) in [4.78, 5) is 4.14. The molecule has 3 nitrogen and oxygen atoms in total. The molecule has 0 radical (unpaired) electrons. The van der Waals surface area contributed by atoms with Crippen LogP contribution in [0, 0.1) is 12.3 Å². The van der Waals surface area contributed by atoms with Gasteiger partial charge in [0.2, 0.25) is 0 Å². The van der Waals surface area contributed by atoms with Gasteiger partial charge in [0.15, 0.2) is 0 Å². The number of nitrogens with zero attached hydrogens (tertiary/aromatic N) is 1. The summed E-state index contributed by atoms with van der Waals surface area (Å²) in [5.41, 5.74) is 1.86. The average molecular weight is 263 g/mol. The summed E-state index contributed by atoms with van der Waals surface area (Å²) in [6, 6.07) is 1.94. The van der Waals surface area contributed by atoms with Gasteiger partial charge in [-0.25, -0.2) is 0 Å². The molecule has 0 spiro atoms. The maximum atomic E-state index is 10.8. The average Bonchev–Trinajstić information content (AvgIpc) is 2.39. The van der Waals surface area contributed by atoms with Gasteiger partial charge < -0.3 is 9.84 Å². The fourth-order valence-corrected chi connectivity index (χ4v) is 2.99. The molecule has 0 bridgehead atoms. The van der Waals surface area contributed by atoms with E-state index in [1.807, 2.05) is 13.0 Å². The lowest BCUT2D eigenvalue weighted by atomic mass is 9.68. The molecule has 1 N–H and O–H groups in total. The molecule has 1 atom stereocenters. The van der Waals surface area contributed by atoms with Crippen molar-refractivity contribution in [2.45, 2.75) is 58.2 Å². The molecule has 1 aromatic rings. The molecule has 0 saturated heterocycles. The van der Waals surface area contributed by atoms with Crippen LogP contribution >= 0.6 is 0 Å². The number of ether oxygens (including phenoxy) is 1. The van der Waals surface area contributed by atoms with Gasteiger partial charge >= 0.3 is 0 Å². The van der Waals surface area contributed by atoms with Gasteiger partial charge in [-0.05, 0) is 49.7 Å². The van der Waals surface area contributed by atoms with Gasteiger partial charge in [0, 0.05) is 25.1 Å². The van der Waals surface area contributed by atoms with Crippen LogP contribution in [-0.2, 0) is 4.74 Å². The standard InChI is InChI=1S/C16H25NO2/c1-12-5-10-17-11-13(12)14(18)16(19-4)8-6-15(2,3)7-9-16/h5,10-11,14,18H,6-9H2,1-4H3. The first-order valence-electron chi connectivity index (χ1n) is 7.04. The molecular formula is C16H25NO2. The molecule has 1 aliphatic rings. The molecule has 2 rings (SSSR count). The molecule has 1 aliphatic carbocycles. The quantitative estimate of drug-likeness (QED) is 0.908. The van der Waals surface area contributed by atoms with Crippen LogP contribution in [0.3, 0.4) is 0 Å². The van der Waals surface area contributed by atoms with Crippen molar-refractivity contribution < 1.29 is 9.84 Å². The second kappa shape index (κ2) is 5.22. The van der Waals surface area contributed by atoms with E-state index in [-0.39, 0.29) is 0 Å². The zero-order chi connectivity index (χ0) is 14.1. The Morgan fingerprint density at radius 2 is 1.89 bits per heavy atom. The van der Waals surface area contributed by atoms with E-state index in [2.05, 4.69) is 18.8 Å². The SMILES string of the molecule is COC1(C(O)c2cnccc2C)CCC(C)(C)CC1. The van der Waals surface area contributed by atoms with E-state index in [4.69, 9.17) is 4.74 Å². The van der Waals surface area contributed by atoms with Gasteiger partial charge in [0.1, 0.15) is 6.10 Å². The summed E-state index contributed by atoms with van der Waals surface area (Å²) in [5.74, 6) is 0. The third-order valence-corrected chi connectivity index (χ3v) is 4.73. The molecule has 1 unspecified atom stereocenters. The summed E-state index contributed by atoms with van der Waals surface area (Å²) in [6.45, 7) is 6.58. The minimum absolute atomic E-state index is 0.353. The molecule has 0 amide bonds. The lowest BCUT2D eigenvalue weighted by Gasteiger charge is -2.45. The zero-order valence-electron chi connectivity index (χ0n) is 12.4. The lowest BCUT2D eigenvalue weighted by molar-refractivity contribution is -0.138. The number of methoxy groups -OCH3 is 1. The monoisotopic (exact) mass is 263 g/mol. The van der Waals surface area contributed by atoms with Crippen LogP contribution in [-0.4, -0.2) is 22.8 Å². The fourth-order valence-electron chi connectivity index (χ4n) is 2.99. The number of rotatable bonds is 3. The van der Waals surface area contributed by atoms with Gasteiger partial charge in [-0.1, -0.05) is 13.8 Å². The highest BCUT2D eigenvalue weighted by Gasteiger charge is 2.44.